The van der Waals surface area contributed by atoms with Crippen molar-refractivity contribution in [2.45, 2.75) is 0 Å². The maximum absolute atomic E-state index is 11.3. The third kappa shape index (κ3) is 3.36. The van der Waals surface area contributed by atoms with Gasteiger partial charge in [-0.25, -0.2) is 4.79 Å². The Balaban J connectivity index is 2.20. The van der Waals surface area contributed by atoms with Crippen LogP contribution in [0.25, 0.3) is 17.4 Å². The summed E-state index contributed by atoms with van der Waals surface area (Å²) in [5.74, 6) is 0.759. The first-order valence-corrected chi connectivity index (χ1v) is 6.14. The zero-order valence-electron chi connectivity index (χ0n) is 10.6. The summed E-state index contributed by atoms with van der Waals surface area (Å²) in [6.07, 6.45) is 2.70. The summed E-state index contributed by atoms with van der Waals surface area (Å²) in [5.41, 5.74) is 1.28. The van der Waals surface area contributed by atoms with Crippen molar-refractivity contribution in [2.24, 2.45) is 0 Å². The van der Waals surface area contributed by atoms with Crippen LogP contribution in [-0.2, 0) is 9.53 Å². The van der Waals surface area contributed by atoms with Crippen LogP contribution in [0.1, 0.15) is 16.1 Å². The van der Waals surface area contributed by atoms with Gasteiger partial charge in [0.25, 0.3) is 0 Å². The molecule has 1 heterocycles. The largest absolute Gasteiger partial charge is 0.465 e. The highest BCUT2D eigenvalue weighted by atomic mass is 35.5. The van der Waals surface area contributed by atoms with E-state index < -0.39 is 5.24 Å². The molecule has 0 aliphatic carbocycles. The molecule has 0 amide bonds. The van der Waals surface area contributed by atoms with E-state index in [0.717, 1.165) is 5.56 Å². The lowest BCUT2D eigenvalue weighted by Gasteiger charge is -2.00. The van der Waals surface area contributed by atoms with Crippen LogP contribution in [0.5, 0.6) is 0 Å². The molecule has 102 valence electrons. The molecule has 2 aromatic rings. The topological polar surface area (TPSA) is 56.5 Å². The number of esters is 1. The summed E-state index contributed by atoms with van der Waals surface area (Å²) in [6, 6.07) is 10.3. The lowest BCUT2D eigenvalue weighted by molar-refractivity contribution is -0.107. The molecule has 2 rings (SSSR count). The number of ether oxygens (including phenoxy) is 1. The van der Waals surface area contributed by atoms with Gasteiger partial charge in [0.05, 0.1) is 12.7 Å². The number of furan rings is 1. The average molecular weight is 291 g/mol. The van der Waals surface area contributed by atoms with Crippen LogP contribution in [0.3, 0.4) is 0 Å². The molecule has 0 aliphatic rings. The van der Waals surface area contributed by atoms with Gasteiger partial charge >= 0.3 is 5.97 Å². The number of carbonyl (C=O) groups excluding carboxylic acids is 2. The van der Waals surface area contributed by atoms with Crippen LogP contribution in [0, 0.1) is 0 Å². The fourth-order valence-electron chi connectivity index (χ4n) is 1.63. The molecule has 0 aliphatic heterocycles. The van der Waals surface area contributed by atoms with Crippen molar-refractivity contribution in [3.63, 3.8) is 0 Å². The second-order valence-electron chi connectivity index (χ2n) is 3.91. The number of hydrogen-bond donors (Lipinski definition) is 0. The van der Waals surface area contributed by atoms with Crippen molar-refractivity contribution >= 4 is 28.9 Å². The van der Waals surface area contributed by atoms with Gasteiger partial charge in [0, 0.05) is 11.6 Å². The molecule has 0 spiro atoms. The van der Waals surface area contributed by atoms with Gasteiger partial charge < -0.3 is 9.15 Å². The van der Waals surface area contributed by atoms with E-state index in [4.69, 9.17) is 16.0 Å². The van der Waals surface area contributed by atoms with E-state index in [2.05, 4.69) is 4.74 Å². The molecular formula is C15H11ClO4. The summed E-state index contributed by atoms with van der Waals surface area (Å²) in [7, 11) is 1.33. The average Bonchev–Trinajstić information content (AvgIpc) is 2.93. The van der Waals surface area contributed by atoms with Crippen LogP contribution < -0.4 is 0 Å². The van der Waals surface area contributed by atoms with Crippen LogP contribution >= 0.6 is 11.6 Å². The molecule has 0 radical (unpaired) electrons. The van der Waals surface area contributed by atoms with Gasteiger partial charge in [-0.05, 0) is 41.9 Å². The number of halogens is 1. The fourth-order valence-corrected chi connectivity index (χ4v) is 1.70. The van der Waals surface area contributed by atoms with Crippen molar-refractivity contribution < 1.29 is 18.7 Å². The first-order valence-electron chi connectivity index (χ1n) is 5.76. The predicted octanol–water partition coefficient (Wildman–Crippen LogP) is 3.51. The van der Waals surface area contributed by atoms with Crippen LogP contribution in [0.2, 0.25) is 0 Å². The molecule has 1 aromatic heterocycles. The predicted molar refractivity (Wildman–Crippen MR) is 75.4 cm³/mol. The van der Waals surface area contributed by atoms with E-state index in [0.29, 0.717) is 17.1 Å². The Bertz CT molecular complexity index is 653. The Morgan fingerprint density at radius 3 is 2.45 bits per heavy atom. The quantitative estimate of drug-likeness (QED) is 0.491. The monoisotopic (exact) mass is 290 g/mol. The van der Waals surface area contributed by atoms with E-state index >= 15 is 0 Å². The summed E-state index contributed by atoms with van der Waals surface area (Å²) >= 11 is 5.20. The Labute approximate surface area is 120 Å². The first kappa shape index (κ1) is 14.1. The Morgan fingerprint density at radius 2 is 1.85 bits per heavy atom. The summed E-state index contributed by atoms with van der Waals surface area (Å²) in [5, 5.41) is -0.564. The fraction of sp³-hybridized carbons (Fsp3) is 0.0667. The smallest absolute Gasteiger partial charge is 0.337 e. The van der Waals surface area contributed by atoms with E-state index in [1.807, 2.05) is 0 Å². The molecule has 20 heavy (non-hydrogen) atoms. The number of carbonyl (C=O) groups is 2. The highest BCUT2D eigenvalue weighted by Crippen LogP contribution is 2.23. The van der Waals surface area contributed by atoms with Gasteiger partial charge in [-0.1, -0.05) is 12.1 Å². The normalized spacial score (nSPS) is 10.7. The van der Waals surface area contributed by atoms with Gasteiger partial charge in [-0.3, -0.25) is 4.79 Å². The SMILES string of the molecule is COC(=O)c1ccc(-c2ccc(/C=C/C(=O)Cl)o2)cc1. The summed E-state index contributed by atoms with van der Waals surface area (Å²) in [6.45, 7) is 0. The standard InChI is InChI=1S/C15H11ClO4/c1-19-15(18)11-4-2-10(3-5-11)13-8-6-12(20-13)7-9-14(16)17/h2-9H,1H3/b9-7+. The second kappa shape index (κ2) is 6.21. The molecule has 0 atom stereocenters. The molecule has 5 heteroatoms. The number of allylic oxidation sites excluding steroid dienone is 1. The summed E-state index contributed by atoms with van der Waals surface area (Å²) < 4.78 is 10.2. The lowest BCUT2D eigenvalue weighted by atomic mass is 10.1. The molecule has 0 bridgehead atoms. The molecule has 0 fully saturated rings. The van der Waals surface area contributed by atoms with Crippen molar-refractivity contribution in [1.82, 2.24) is 0 Å². The van der Waals surface area contributed by atoms with Gasteiger partial charge in [0.15, 0.2) is 0 Å². The maximum Gasteiger partial charge on any atom is 0.337 e. The number of rotatable bonds is 4. The van der Waals surface area contributed by atoms with Crippen molar-refractivity contribution in [3.8, 4) is 11.3 Å². The van der Waals surface area contributed by atoms with E-state index in [1.54, 1.807) is 36.4 Å². The Morgan fingerprint density at radius 1 is 1.15 bits per heavy atom. The lowest BCUT2D eigenvalue weighted by Crippen LogP contribution is -2.00. The third-order valence-corrected chi connectivity index (χ3v) is 2.72. The zero-order valence-corrected chi connectivity index (χ0v) is 11.4. The Hall–Kier alpha value is -2.33. The molecule has 1 aromatic carbocycles. The van der Waals surface area contributed by atoms with Crippen molar-refractivity contribution in [2.75, 3.05) is 7.11 Å². The van der Waals surface area contributed by atoms with E-state index in [1.165, 1.54) is 19.3 Å². The van der Waals surface area contributed by atoms with Crippen LogP contribution in [0.4, 0.5) is 0 Å². The van der Waals surface area contributed by atoms with Crippen molar-refractivity contribution in [3.05, 3.63) is 53.8 Å². The second-order valence-corrected chi connectivity index (χ2v) is 4.28. The van der Waals surface area contributed by atoms with Gasteiger partial charge in [-0.2, -0.15) is 0 Å². The molecule has 4 nitrogen and oxygen atoms in total. The van der Waals surface area contributed by atoms with Gasteiger partial charge in [0.1, 0.15) is 11.5 Å². The maximum atomic E-state index is 11.3. The highest BCUT2D eigenvalue weighted by molar-refractivity contribution is 6.66. The highest BCUT2D eigenvalue weighted by Gasteiger charge is 2.07. The third-order valence-electron chi connectivity index (χ3n) is 2.60. The number of benzene rings is 1. The molecule has 0 saturated heterocycles. The van der Waals surface area contributed by atoms with Crippen LogP contribution in [0.15, 0.2) is 46.9 Å². The molecule has 0 N–H and O–H groups in total. The number of hydrogen-bond acceptors (Lipinski definition) is 4. The Kier molecular flexibility index (Phi) is 4.38. The molecular weight excluding hydrogens is 280 g/mol. The minimum Gasteiger partial charge on any atom is -0.465 e. The van der Waals surface area contributed by atoms with Crippen LogP contribution in [-0.4, -0.2) is 18.3 Å². The summed E-state index contributed by atoms with van der Waals surface area (Å²) in [4.78, 5) is 21.9. The van der Waals surface area contributed by atoms with E-state index in [9.17, 15) is 9.59 Å². The minimum absolute atomic E-state index is 0.389. The molecule has 0 saturated carbocycles. The first-order chi connectivity index (χ1) is 9.60. The number of methoxy groups -OCH3 is 1. The van der Waals surface area contributed by atoms with Crippen molar-refractivity contribution in [1.29, 1.82) is 0 Å². The van der Waals surface area contributed by atoms with Gasteiger partial charge in [0.2, 0.25) is 5.24 Å². The zero-order chi connectivity index (χ0) is 14.5. The van der Waals surface area contributed by atoms with E-state index in [-0.39, 0.29) is 5.97 Å². The minimum atomic E-state index is -0.564. The molecule has 0 unspecified atom stereocenters. The van der Waals surface area contributed by atoms with Gasteiger partial charge in [-0.15, -0.1) is 0 Å².